The molecule has 0 aliphatic heterocycles. The van der Waals surface area contributed by atoms with Crippen molar-refractivity contribution >= 4 is 11.6 Å². The highest BCUT2D eigenvalue weighted by Gasteiger charge is 2.10. The lowest BCUT2D eigenvalue weighted by Gasteiger charge is -2.09. The maximum Gasteiger partial charge on any atom is 0.255 e. The number of hydrogen-bond acceptors (Lipinski definition) is 3. The van der Waals surface area contributed by atoms with E-state index >= 15 is 0 Å². The molecule has 0 aliphatic rings. The number of anilines is 1. The molecule has 162 valence electrons. The summed E-state index contributed by atoms with van der Waals surface area (Å²) in [4.78, 5) is 12.6. The van der Waals surface area contributed by atoms with Crippen LogP contribution < -0.4 is 10.1 Å². The fraction of sp³-hybridized carbons (Fsp3) is 0.0833. The van der Waals surface area contributed by atoms with E-state index in [9.17, 15) is 18.0 Å². The number of ether oxygens (including phenoxy) is 1. The Hall–Kier alpha value is -4.07. The van der Waals surface area contributed by atoms with Crippen molar-refractivity contribution in [1.82, 2.24) is 9.78 Å². The van der Waals surface area contributed by atoms with Crippen LogP contribution in [0.5, 0.6) is 5.75 Å². The van der Waals surface area contributed by atoms with Crippen molar-refractivity contribution in [2.24, 2.45) is 0 Å². The molecule has 0 spiro atoms. The van der Waals surface area contributed by atoms with Crippen molar-refractivity contribution in [3.8, 4) is 5.75 Å². The zero-order valence-corrected chi connectivity index (χ0v) is 16.8. The Morgan fingerprint density at radius 2 is 1.72 bits per heavy atom. The Kier molecular flexibility index (Phi) is 6.21. The molecule has 0 bridgehead atoms. The number of nitrogens with one attached hydrogen (secondary N) is 1. The predicted octanol–water partition coefficient (Wildman–Crippen LogP) is 5.18. The smallest absolute Gasteiger partial charge is 0.255 e. The van der Waals surface area contributed by atoms with Gasteiger partial charge in [0.15, 0.2) is 11.6 Å². The first kappa shape index (κ1) is 21.2. The number of hydrogen-bond donors (Lipinski definition) is 1. The van der Waals surface area contributed by atoms with Gasteiger partial charge in [-0.3, -0.25) is 9.48 Å². The molecule has 0 radical (unpaired) electrons. The third kappa shape index (κ3) is 5.34. The lowest BCUT2D eigenvalue weighted by molar-refractivity contribution is 0.102. The molecule has 5 nitrogen and oxygen atoms in total. The van der Waals surface area contributed by atoms with E-state index in [2.05, 4.69) is 10.4 Å². The van der Waals surface area contributed by atoms with Gasteiger partial charge in [-0.1, -0.05) is 24.3 Å². The summed E-state index contributed by atoms with van der Waals surface area (Å²) in [5, 5.41) is 6.93. The van der Waals surface area contributed by atoms with Crippen LogP contribution in [0.1, 0.15) is 21.5 Å². The van der Waals surface area contributed by atoms with E-state index in [-0.39, 0.29) is 24.1 Å². The highest BCUT2D eigenvalue weighted by molar-refractivity contribution is 6.04. The molecular formula is C24H18F3N3O2. The minimum Gasteiger partial charge on any atom is -0.486 e. The average Bonchev–Trinajstić information content (AvgIpc) is 3.20. The van der Waals surface area contributed by atoms with Crippen molar-refractivity contribution in [3.63, 3.8) is 0 Å². The Morgan fingerprint density at radius 3 is 2.53 bits per heavy atom. The van der Waals surface area contributed by atoms with Crippen LogP contribution in [0.3, 0.4) is 0 Å². The molecule has 8 heteroatoms. The highest BCUT2D eigenvalue weighted by atomic mass is 19.1. The van der Waals surface area contributed by atoms with Gasteiger partial charge in [-0.05, 0) is 47.5 Å². The summed E-state index contributed by atoms with van der Waals surface area (Å²) in [6.45, 7) is 0.371. The van der Waals surface area contributed by atoms with Gasteiger partial charge in [-0.2, -0.15) is 5.10 Å². The monoisotopic (exact) mass is 437 g/mol. The molecule has 0 aliphatic carbocycles. The fourth-order valence-corrected chi connectivity index (χ4v) is 3.10. The number of halogens is 3. The van der Waals surface area contributed by atoms with Crippen LogP contribution in [0, 0.1) is 17.5 Å². The first-order valence-corrected chi connectivity index (χ1v) is 9.71. The number of amides is 1. The van der Waals surface area contributed by atoms with Gasteiger partial charge in [0.05, 0.1) is 18.4 Å². The SMILES string of the molecule is O=C(Nc1cnn(Cc2cccc(F)c2)c1)c1cccc(COc2ccc(F)cc2F)c1. The fourth-order valence-electron chi connectivity index (χ4n) is 3.10. The summed E-state index contributed by atoms with van der Waals surface area (Å²) < 4.78 is 47.0. The third-order valence-electron chi connectivity index (χ3n) is 4.60. The van der Waals surface area contributed by atoms with E-state index < -0.39 is 11.6 Å². The van der Waals surface area contributed by atoms with Crippen LogP contribution in [0.2, 0.25) is 0 Å². The van der Waals surface area contributed by atoms with Crippen molar-refractivity contribution in [3.05, 3.63) is 113 Å². The number of rotatable bonds is 7. The molecule has 3 aromatic carbocycles. The number of benzene rings is 3. The summed E-state index contributed by atoms with van der Waals surface area (Å²) in [6.07, 6.45) is 3.15. The van der Waals surface area contributed by atoms with Crippen LogP contribution >= 0.6 is 0 Å². The zero-order valence-electron chi connectivity index (χ0n) is 16.8. The van der Waals surface area contributed by atoms with E-state index in [0.717, 1.165) is 17.7 Å². The first-order valence-electron chi connectivity index (χ1n) is 9.71. The van der Waals surface area contributed by atoms with E-state index in [0.29, 0.717) is 23.4 Å². The van der Waals surface area contributed by atoms with Crippen molar-refractivity contribution in [2.45, 2.75) is 13.2 Å². The molecule has 32 heavy (non-hydrogen) atoms. The molecule has 1 aromatic heterocycles. The van der Waals surface area contributed by atoms with E-state index in [1.54, 1.807) is 47.3 Å². The Bertz CT molecular complexity index is 1260. The van der Waals surface area contributed by atoms with E-state index in [4.69, 9.17) is 4.74 Å². The number of carbonyl (C=O) groups excluding carboxylic acids is 1. The first-order chi connectivity index (χ1) is 15.5. The van der Waals surface area contributed by atoms with Gasteiger partial charge in [0.2, 0.25) is 0 Å². The molecule has 4 rings (SSSR count). The van der Waals surface area contributed by atoms with Crippen LogP contribution in [0.4, 0.5) is 18.9 Å². The summed E-state index contributed by atoms with van der Waals surface area (Å²) >= 11 is 0. The predicted molar refractivity (Wildman–Crippen MR) is 113 cm³/mol. The number of nitrogens with zero attached hydrogens (tertiary/aromatic N) is 2. The maximum atomic E-state index is 13.7. The number of carbonyl (C=O) groups is 1. The Labute approximate surface area is 182 Å². The molecule has 0 saturated carbocycles. The standard InChI is InChI=1S/C24H18F3N3O2/c25-19-6-2-3-16(10-19)13-30-14-21(12-28-30)29-24(31)18-5-1-4-17(9-18)15-32-23-8-7-20(26)11-22(23)27/h1-12,14H,13,15H2,(H,29,31). The Morgan fingerprint density at radius 1 is 0.938 bits per heavy atom. The highest BCUT2D eigenvalue weighted by Crippen LogP contribution is 2.19. The second-order valence-corrected chi connectivity index (χ2v) is 7.07. The molecule has 0 atom stereocenters. The third-order valence-corrected chi connectivity index (χ3v) is 4.60. The average molecular weight is 437 g/mol. The van der Waals surface area contributed by atoms with Gasteiger partial charge in [-0.15, -0.1) is 0 Å². The maximum absolute atomic E-state index is 13.7. The van der Waals surface area contributed by atoms with E-state index in [1.807, 2.05) is 0 Å². The second-order valence-electron chi connectivity index (χ2n) is 7.07. The number of aromatic nitrogens is 2. The summed E-state index contributed by atoms with van der Waals surface area (Å²) in [7, 11) is 0. The molecule has 4 aromatic rings. The minimum absolute atomic E-state index is 0.00917. The van der Waals surface area contributed by atoms with Crippen LogP contribution in [-0.4, -0.2) is 15.7 Å². The van der Waals surface area contributed by atoms with E-state index in [1.165, 1.54) is 24.4 Å². The second kappa shape index (κ2) is 9.38. The summed E-state index contributed by atoms with van der Waals surface area (Å²) in [5.74, 6) is -2.24. The van der Waals surface area contributed by atoms with Gasteiger partial charge >= 0.3 is 0 Å². The quantitative estimate of drug-likeness (QED) is 0.434. The lowest BCUT2D eigenvalue weighted by Crippen LogP contribution is -2.12. The normalized spacial score (nSPS) is 10.7. The van der Waals surface area contributed by atoms with Gasteiger partial charge < -0.3 is 10.1 Å². The molecular weight excluding hydrogens is 419 g/mol. The largest absolute Gasteiger partial charge is 0.486 e. The van der Waals surface area contributed by atoms with Gasteiger partial charge in [0.1, 0.15) is 18.2 Å². The molecule has 1 heterocycles. The van der Waals surface area contributed by atoms with Crippen molar-refractivity contribution in [2.75, 3.05) is 5.32 Å². The van der Waals surface area contributed by atoms with Crippen molar-refractivity contribution in [1.29, 1.82) is 0 Å². The Balaban J connectivity index is 1.38. The van der Waals surface area contributed by atoms with Gasteiger partial charge in [0, 0.05) is 17.8 Å². The molecule has 0 saturated heterocycles. The van der Waals surface area contributed by atoms with Crippen molar-refractivity contribution < 1.29 is 22.7 Å². The lowest BCUT2D eigenvalue weighted by atomic mass is 10.1. The molecule has 1 N–H and O–H groups in total. The topological polar surface area (TPSA) is 56.2 Å². The van der Waals surface area contributed by atoms with Crippen LogP contribution in [-0.2, 0) is 13.2 Å². The molecule has 0 unspecified atom stereocenters. The molecule has 1 amide bonds. The van der Waals surface area contributed by atoms with Gasteiger partial charge in [-0.25, -0.2) is 13.2 Å². The minimum atomic E-state index is -0.797. The molecule has 0 fully saturated rings. The summed E-state index contributed by atoms with van der Waals surface area (Å²) in [5.41, 5.74) is 2.25. The van der Waals surface area contributed by atoms with Crippen LogP contribution in [0.15, 0.2) is 79.1 Å². The summed E-state index contributed by atoms with van der Waals surface area (Å²) in [6, 6.07) is 15.9. The zero-order chi connectivity index (χ0) is 22.5. The van der Waals surface area contributed by atoms with Gasteiger partial charge in [0.25, 0.3) is 5.91 Å². The van der Waals surface area contributed by atoms with Crippen LogP contribution in [0.25, 0.3) is 0 Å².